The van der Waals surface area contributed by atoms with Crippen molar-refractivity contribution < 1.29 is 19.1 Å². The second-order valence-electron chi connectivity index (χ2n) is 5.41. The Bertz CT molecular complexity index is 555. The third-order valence-corrected chi connectivity index (χ3v) is 3.50. The molecule has 6 heteroatoms. The van der Waals surface area contributed by atoms with Crippen LogP contribution in [0, 0.1) is 0 Å². The van der Waals surface area contributed by atoms with Gasteiger partial charge in [-0.1, -0.05) is 19.1 Å². The van der Waals surface area contributed by atoms with Gasteiger partial charge in [-0.25, -0.2) is 0 Å². The first kappa shape index (κ1) is 19.7. The molecular formula is C18H26N2O4. The van der Waals surface area contributed by atoms with Crippen LogP contribution in [0.1, 0.15) is 25.8 Å². The number of hydrogen-bond donors (Lipinski definition) is 2. The van der Waals surface area contributed by atoms with E-state index in [9.17, 15) is 9.59 Å². The summed E-state index contributed by atoms with van der Waals surface area (Å²) in [6.07, 6.45) is 3.84. The van der Waals surface area contributed by atoms with E-state index in [1.807, 2.05) is 31.2 Å². The lowest BCUT2D eigenvalue weighted by molar-refractivity contribution is -0.127. The Morgan fingerprint density at radius 3 is 2.38 bits per heavy atom. The van der Waals surface area contributed by atoms with Gasteiger partial charge in [-0.3, -0.25) is 9.59 Å². The highest BCUT2D eigenvalue weighted by molar-refractivity contribution is 5.95. The van der Waals surface area contributed by atoms with Gasteiger partial charge < -0.3 is 20.1 Å². The summed E-state index contributed by atoms with van der Waals surface area (Å²) in [6, 6.07) is 6.63. The largest absolute Gasteiger partial charge is 0.497 e. The highest BCUT2D eigenvalue weighted by atomic mass is 16.5. The fourth-order valence-electron chi connectivity index (χ4n) is 2.00. The number of benzene rings is 1. The molecule has 0 saturated carbocycles. The molecule has 2 unspecified atom stereocenters. The zero-order chi connectivity index (χ0) is 17.9. The molecule has 0 spiro atoms. The normalized spacial score (nSPS) is 13.3. The minimum absolute atomic E-state index is 0.0586. The van der Waals surface area contributed by atoms with Crippen molar-refractivity contribution in [2.75, 3.05) is 20.8 Å². The summed E-state index contributed by atoms with van der Waals surface area (Å²) in [5, 5.41) is 5.48. The average molecular weight is 334 g/mol. The van der Waals surface area contributed by atoms with Crippen LogP contribution in [-0.2, 0) is 14.3 Å². The van der Waals surface area contributed by atoms with E-state index in [-0.39, 0.29) is 17.9 Å². The maximum atomic E-state index is 12.0. The van der Waals surface area contributed by atoms with E-state index in [4.69, 9.17) is 9.47 Å². The Morgan fingerprint density at radius 2 is 1.83 bits per heavy atom. The molecule has 0 aliphatic carbocycles. The molecule has 0 aliphatic heterocycles. The first-order chi connectivity index (χ1) is 11.5. The first-order valence-electron chi connectivity index (χ1n) is 7.92. The van der Waals surface area contributed by atoms with Gasteiger partial charge in [0, 0.05) is 13.2 Å². The van der Waals surface area contributed by atoms with Crippen LogP contribution >= 0.6 is 0 Å². The number of carbonyl (C=O) groups is 2. The quantitative estimate of drug-likeness (QED) is 0.675. The minimum Gasteiger partial charge on any atom is -0.497 e. The number of amides is 2. The minimum atomic E-state index is -0.621. The predicted molar refractivity (Wildman–Crippen MR) is 93.7 cm³/mol. The van der Waals surface area contributed by atoms with E-state index >= 15 is 0 Å². The van der Waals surface area contributed by atoms with Gasteiger partial charge in [0.25, 0.3) is 0 Å². The molecule has 2 N–H and O–H groups in total. The third kappa shape index (κ3) is 6.83. The predicted octanol–water partition coefficient (Wildman–Crippen LogP) is 1.75. The molecule has 6 nitrogen and oxygen atoms in total. The van der Waals surface area contributed by atoms with Crippen LogP contribution in [0.2, 0.25) is 0 Å². The highest BCUT2D eigenvalue weighted by Crippen LogP contribution is 2.12. The molecule has 0 aromatic heterocycles. The number of hydrogen-bond acceptors (Lipinski definition) is 4. The van der Waals surface area contributed by atoms with E-state index in [1.165, 1.54) is 6.08 Å². The van der Waals surface area contributed by atoms with Crippen molar-refractivity contribution in [2.24, 2.45) is 0 Å². The van der Waals surface area contributed by atoms with Crippen molar-refractivity contribution in [3.63, 3.8) is 0 Å². The van der Waals surface area contributed by atoms with Gasteiger partial charge in [-0.2, -0.15) is 0 Å². The zero-order valence-electron chi connectivity index (χ0n) is 14.7. The summed E-state index contributed by atoms with van der Waals surface area (Å²) in [7, 11) is 3.18. The number of methoxy groups -OCH3 is 2. The van der Waals surface area contributed by atoms with Crippen molar-refractivity contribution in [3.05, 3.63) is 35.9 Å². The molecule has 2 atom stereocenters. The summed E-state index contributed by atoms with van der Waals surface area (Å²) in [5.41, 5.74) is 0.870. The van der Waals surface area contributed by atoms with Crippen LogP contribution < -0.4 is 15.4 Å². The number of rotatable bonds is 9. The highest BCUT2D eigenvalue weighted by Gasteiger charge is 2.17. The van der Waals surface area contributed by atoms with Crippen molar-refractivity contribution >= 4 is 17.9 Å². The van der Waals surface area contributed by atoms with Gasteiger partial charge in [0.2, 0.25) is 11.8 Å². The Labute approximate surface area is 143 Å². The molecule has 1 rings (SSSR count). The molecule has 0 aliphatic rings. The molecular weight excluding hydrogens is 308 g/mol. The monoisotopic (exact) mass is 334 g/mol. The van der Waals surface area contributed by atoms with Crippen molar-refractivity contribution in [1.29, 1.82) is 0 Å². The van der Waals surface area contributed by atoms with Crippen LogP contribution in [0.15, 0.2) is 30.3 Å². The first-order valence-corrected chi connectivity index (χ1v) is 7.92. The van der Waals surface area contributed by atoms with E-state index in [0.29, 0.717) is 6.61 Å². The molecule has 0 bridgehead atoms. The molecule has 0 radical (unpaired) electrons. The fourth-order valence-corrected chi connectivity index (χ4v) is 2.00. The van der Waals surface area contributed by atoms with Crippen LogP contribution in [0.4, 0.5) is 0 Å². The molecule has 2 amide bonds. The smallest absolute Gasteiger partial charge is 0.244 e. The summed E-state index contributed by atoms with van der Waals surface area (Å²) in [4.78, 5) is 24.0. The molecule has 1 aromatic rings. The van der Waals surface area contributed by atoms with Crippen LogP contribution in [-0.4, -0.2) is 44.7 Å². The van der Waals surface area contributed by atoms with Gasteiger partial charge in [-0.15, -0.1) is 0 Å². The van der Waals surface area contributed by atoms with Crippen molar-refractivity contribution in [2.45, 2.75) is 32.4 Å². The Morgan fingerprint density at radius 1 is 1.17 bits per heavy atom. The topological polar surface area (TPSA) is 76.7 Å². The van der Waals surface area contributed by atoms with Gasteiger partial charge in [0.15, 0.2) is 0 Å². The number of carbonyl (C=O) groups excluding carboxylic acids is 2. The maximum Gasteiger partial charge on any atom is 0.244 e. The van der Waals surface area contributed by atoms with Gasteiger partial charge in [0.1, 0.15) is 11.8 Å². The number of ether oxygens (including phenoxy) is 2. The van der Waals surface area contributed by atoms with Gasteiger partial charge in [-0.05, 0) is 37.1 Å². The zero-order valence-corrected chi connectivity index (χ0v) is 14.7. The van der Waals surface area contributed by atoms with Crippen LogP contribution in [0.5, 0.6) is 5.75 Å². The second kappa shape index (κ2) is 10.4. The van der Waals surface area contributed by atoms with Gasteiger partial charge >= 0.3 is 0 Å². The van der Waals surface area contributed by atoms with Crippen molar-refractivity contribution in [1.82, 2.24) is 10.6 Å². The number of nitrogens with one attached hydrogen (secondary N) is 2. The molecule has 132 valence electrons. The lowest BCUT2D eigenvalue weighted by atomic mass is 10.2. The van der Waals surface area contributed by atoms with Crippen LogP contribution in [0.3, 0.4) is 0 Å². The van der Waals surface area contributed by atoms with Crippen molar-refractivity contribution in [3.8, 4) is 5.75 Å². The fraction of sp³-hybridized carbons (Fsp3) is 0.444. The summed E-state index contributed by atoms with van der Waals surface area (Å²) < 4.78 is 10.1. The van der Waals surface area contributed by atoms with E-state index < -0.39 is 6.04 Å². The standard InChI is InChI=1S/C18H26N2O4/c1-5-15(12-23-3)20-18(22)13(2)19-17(21)11-8-14-6-9-16(24-4)10-7-14/h6-11,13,15H,5,12H2,1-4H3,(H,19,21)(H,20,22)/b11-8+. The second-order valence-corrected chi connectivity index (χ2v) is 5.41. The molecule has 24 heavy (non-hydrogen) atoms. The Hall–Kier alpha value is -2.34. The molecule has 0 fully saturated rings. The summed E-state index contributed by atoms with van der Waals surface area (Å²) >= 11 is 0. The average Bonchev–Trinajstić information content (AvgIpc) is 2.59. The molecule has 1 aromatic carbocycles. The third-order valence-electron chi connectivity index (χ3n) is 3.50. The summed E-state index contributed by atoms with van der Waals surface area (Å²) in [5.74, 6) is 0.196. The van der Waals surface area contributed by atoms with E-state index in [2.05, 4.69) is 10.6 Å². The lowest BCUT2D eigenvalue weighted by Gasteiger charge is -2.19. The Kier molecular flexibility index (Phi) is 8.57. The summed E-state index contributed by atoms with van der Waals surface area (Å²) in [6.45, 7) is 4.05. The van der Waals surface area contributed by atoms with Gasteiger partial charge in [0.05, 0.1) is 19.8 Å². The molecule has 0 saturated heterocycles. The Balaban J connectivity index is 2.50. The van der Waals surface area contributed by atoms with E-state index in [1.54, 1.807) is 27.2 Å². The SMILES string of the molecule is CCC(COC)NC(=O)C(C)NC(=O)/C=C/c1ccc(OC)cc1. The molecule has 0 heterocycles. The van der Waals surface area contributed by atoms with Crippen LogP contribution in [0.25, 0.3) is 6.08 Å². The lowest BCUT2D eigenvalue weighted by Crippen LogP contribution is -2.48. The maximum absolute atomic E-state index is 12.0. The van der Waals surface area contributed by atoms with E-state index in [0.717, 1.165) is 17.7 Å².